The SMILES string of the molecule is CCCCOc1ccc(C(=O)Nc2ccc(N3CCOCC3)cc2)cc1OC. The van der Waals surface area contributed by atoms with Gasteiger partial charge in [0.05, 0.1) is 26.9 Å². The first-order valence-electron chi connectivity index (χ1n) is 9.76. The highest BCUT2D eigenvalue weighted by Crippen LogP contribution is 2.29. The van der Waals surface area contributed by atoms with E-state index in [1.54, 1.807) is 25.3 Å². The number of ether oxygens (including phenoxy) is 3. The van der Waals surface area contributed by atoms with Crippen LogP contribution >= 0.6 is 0 Å². The van der Waals surface area contributed by atoms with Crippen LogP contribution in [0.25, 0.3) is 0 Å². The molecule has 6 nitrogen and oxygen atoms in total. The zero-order valence-electron chi connectivity index (χ0n) is 16.6. The molecule has 1 N–H and O–H groups in total. The van der Waals surface area contributed by atoms with Crippen molar-refractivity contribution in [1.29, 1.82) is 0 Å². The quantitative estimate of drug-likeness (QED) is 0.698. The molecule has 0 saturated carbocycles. The van der Waals surface area contributed by atoms with Crippen molar-refractivity contribution in [3.63, 3.8) is 0 Å². The molecule has 0 bridgehead atoms. The summed E-state index contributed by atoms with van der Waals surface area (Å²) < 4.78 is 16.5. The van der Waals surface area contributed by atoms with Gasteiger partial charge in [0.1, 0.15) is 0 Å². The predicted octanol–water partition coefficient (Wildman–Crippen LogP) is 3.96. The summed E-state index contributed by atoms with van der Waals surface area (Å²) in [4.78, 5) is 14.9. The van der Waals surface area contributed by atoms with Crippen LogP contribution in [0.1, 0.15) is 30.1 Å². The van der Waals surface area contributed by atoms with Crippen molar-refractivity contribution in [3.05, 3.63) is 48.0 Å². The summed E-state index contributed by atoms with van der Waals surface area (Å²) >= 11 is 0. The zero-order valence-corrected chi connectivity index (χ0v) is 16.6. The van der Waals surface area contributed by atoms with Gasteiger partial charge in [-0.25, -0.2) is 0 Å². The number of amides is 1. The largest absolute Gasteiger partial charge is 0.493 e. The second-order valence-corrected chi connectivity index (χ2v) is 6.67. The highest BCUT2D eigenvalue weighted by Gasteiger charge is 2.13. The van der Waals surface area contributed by atoms with Crippen LogP contribution in [0.2, 0.25) is 0 Å². The number of benzene rings is 2. The molecule has 2 aromatic rings. The number of nitrogens with one attached hydrogen (secondary N) is 1. The number of anilines is 2. The molecule has 0 aliphatic carbocycles. The van der Waals surface area contributed by atoms with E-state index < -0.39 is 0 Å². The number of hydrogen-bond acceptors (Lipinski definition) is 5. The Morgan fingerprint density at radius 3 is 2.54 bits per heavy atom. The van der Waals surface area contributed by atoms with E-state index in [0.717, 1.165) is 50.5 Å². The van der Waals surface area contributed by atoms with Gasteiger partial charge in [0.25, 0.3) is 5.91 Å². The third-order valence-corrected chi connectivity index (χ3v) is 4.68. The van der Waals surface area contributed by atoms with Gasteiger partial charge in [-0.1, -0.05) is 13.3 Å². The second-order valence-electron chi connectivity index (χ2n) is 6.67. The molecule has 1 aliphatic rings. The highest BCUT2D eigenvalue weighted by molar-refractivity contribution is 6.04. The molecule has 0 aromatic heterocycles. The third kappa shape index (κ3) is 5.16. The number of nitrogens with zero attached hydrogens (tertiary/aromatic N) is 1. The average molecular weight is 384 g/mol. The van der Waals surface area contributed by atoms with Crippen LogP contribution < -0.4 is 19.7 Å². The summed E-state index contributed by atoms with van der Waals surface area (Å²) in [5.41, 5.74) is 2.41. The first kappa shape index (κ1) is 20.0. The van der Waals surface area contributed by atoms with Gasteiger partial charge in [0.2, 0.25) is 0 Å². The van der Waals surface area contributed by atoms with Gasteiger partial charge in [-0.15, -0.1) is 0 Å². The molecular weight excluding hydrogens is 356 g/mol. The van der Waals surface area contributed by atoms with Gasteiger partial charge >= 0.3 is 0 Å². The van der Waals surface area contributed by atoms with E-state index in [1.807, 2.05) is 24.3 Å². The van der Waals surface area contributed by atoms with E-state index in [9.17, 15) is 4.79 Å². The second kappa shape index (κ2) is 9.99. The molecule has 0 atom stereocenters. The summed E-state index contributed by atoms with van der Waals surface area (Å²) in [5.74, 6) is 1.03. The van der Waals surface area contributed by atoms with E-state index >= 15 is 0 Å². The van der Waals surface area contributed by atoms with E-state index in [4.69, 9.17) is 14.2 Å². The van der Waals surface area contributed by atoms with Gasteiger partial charge in [0, 0.05) is 30.0 Å². The van der Waals surface area contributed by atoms with Crippen LogP contribution in [-0.4, -0.2) is 45.9 Å². The molecule has 0 radical (unpaired) electrons. The van der Waals surface area contributed by atoms with Gasteiger partial charge < -0.3 is 24.4 Å². The molecular formula is C22H28N2O4. The number of unbranched alkanes of at least 4 members (excludes halogenated alkanes) is 1. The third-order valence-electron chi connectivity index (χ3n) is 4.68. The highest BCUT2D eigenvalue weighted by atomic mass is 16.5. The molecule has 150 valence electrons. The molecule has 0 spiro atoms. The molecule has 1 heterocycles. The Bertz CT molecular complexity index is 771. The topological polar surface area (TPSA) is 60.0 Å². The maximum Gasteiger partial charge on any atom is 0.255 e. The van der Waals surface area contributed by atoms with Gasteiger partial charge in [0.15, 0.2) is 11.5 Å². The predicted molar refractivity (Wildman–Crippen MR) is 111 cm³/mol. The lowest BCUT2D eigenvalue weighted by molar-refractivity contribution is 0.102. The van der Waals surface area contributed by atoms with E-state index in [1.165, 1.54) is 0 Å². The Kier molecular flexibility index (Phi) is 7.14. The normalized spacial score (nSPS) is 13.9. The van der Waals surface area contributed by atoms with Crippen molar-refractivity contribution in [3.8, 4) is 11.5 Å². The minimum absolute atomic E-state index is 0.183. The fourth-order valence-electron chi connectivity index (χ4n) is 3.03. The minimum atomic E-state index is -0.183. The Hall–Kier alpha value is -2.73. The number of morpholine rings is 1. The molecule has 0 unspecified atom stereocenters. The van der Waals surface area contributed by atoms with Crippen LogP contribution in [0.4, 0.5) is 11.4 Å². The lowest BCUT2D eigenvalue weighted by atomic mass is 10.1. The van der Waals surface area contributed by atoms with Crippen molar-refractivity contribution < 1.29 is 19.0 Å². The van der Waals surface area contributed by atoms with Gasteiger partial charge in [-0.2, -0.15) is 0 Å². The zero-order chi connectivity index (χ0) is 19.8. The molecule has 1 amide bonds. The molecule has 3 rings (SSSR count). The smallest absolute Gasteiger partial charge is 0.255 e. The first-order valence-corrected chi connectivity index (χ1v) is 9.76. The van der Waals surface area contributed by atoms with Crippen LogP contribution in [0.5, 0.6) is 11.5 Å². The monoisotopic (exact) mass is 384 g/mol. The van der Waals surface area contributed by atoms with Gasteiger partial charge in [-0.05, 0) is 48.9 Å². The number of carbonyl (C=O) groups is 1. The van der Waals surface area contributed by atoms with E-state index in [0.29, 0.717) is 23.7 Å². The Morgan fingerprint density at radius 2 is 1.86 bits per heavy atom. The minimum Gasteiger partial charge on any atom is -0.493 e. The average Bonchev–Trinajstić information content (AvgIpc) is 2.75. The van der Waals surface area contributed by atoms with Crippen LogP contribution in [0, 0.1) is 0 Å². The molecule has 1 aliphatic heterocycles. The molecule has 6 heteroatoms. The number of methoxy groups -OCH3 is 1. The van der Waals surface area contributed by atoms with Crippen LogP contribution in [0.3, 0.4) is 0 Å². The van der Waals surface area contributed by atoms with Crippen molar-refractivity contribution in [2.24, 2.45) is 0 Å². The summed E-state index contributed by atoms with van der Waals surface area (Å²) in [7, 11) is 1.58. The number of carbonyl (C=O) groups excluding carboxylic acids is 1. The van der Waals surface area contributed by atoms with E-state index in [2.05, 4.69) is 17.1 Å². The maximum absolute atomic E-state index is 12.6. The summed E-state index contributed by atoms with van der Waals surface area (Å²) in [6.45, 7) is 6.02. The Morgan fingerprint density at radius 1 is 1.11 bits per heavy atom. The fraction of sp³-hybridized carbons (Fsp3) is 0.409. The van der Waals surface area contributed by atoms with Crippen molar-refractivity contribution in [1.82, 2.24) is 0 Å². The molecule has 1 saturated heterocycles. The summed E-state index contributed by atoms with van der Waals surface area (Å²) in [6, 6.07) is 13.1. The number of hydrogen-bond donors (Lipinski definition) is 1. The summed E-state index contributed by atoms with van der Waals surface area (Å²) in [5, 5.41) is 2.93. The fourth-order valence-corrected chi connectivity index (χ4v) is 3.03. The van der Waals surface area contributed by atoms with Crippen LogP contribution in [0.15, 0.2) is 42.5 Å². The van der Waals surface area contributed by atoms with Crippen molar-refractivity contribution >= 4 is 17.3 Å². The van der Waals surface area contributed by atoms with E-state index in [-0.39, 0.29) is 5.91 Å². The lowest BCUT2D eigenvalue weighted by Gasteiger charge is -2.28. The van der Waals surface area contributed by atoms with Crippen molar-refractivity contribution in [2.45, 2.75) is 19.8 Å². The first-order chi connectivity index (χ1) is 13.7. The number of rotatable bonds is 8. The molecule has 28 heavy (non-hydrogen) atoms. The van der Waals surface area contributed by atoms with Crippen LogP contribution in [-0.2, 0) is 4.74 Å². The standard InChI is InChI=1S/C22H28N2O4/c1-3-4-13-28-20-10-5-17(16-21(20)26-2)22(25)23-18-6-8-19(9-7-18)24-11-14-27-15-12-24/h5-10,16H,3-4,11-15H2,1-2H3,(H,23,25). The summed E-state index contributed by atoms with van der Waals surface area (Å²) in [6.07, 6.45) is 2.04. The van der Waals surface area contributed by atoms with Crippen molar-refractivity contribution in [2.75, 3.05) is 50.2 Å². The molecule has 2 aromatic carbocycles. The van der Waals surface area contributed by atoms with Gasteiger partial charge in [-0.3, -0.25) is 4.79 Å². The Balaban J connectivity index is 1.63. The Labute approximate surface area is 166 Å². The maximum atomic E-state index is 12.6. The molecule has 1 fully saturated rings. The lowest BCUT2D eigenvalue weighted by Crippen LogP contribution is -2.36.